The molecule has 0 amide bonds. The summed E-state index contributed by atoms with van der Waals surface area (Å²) < 4.78 is 0. The molecule has 5 unspecified atom stereocenters. The summed E-state index contributed by atoms with van der Waals surface area (Å²) in [4.78, 5) is 0. The molecule has 4 saturated carbocycles. The molecule has 0 bridgehead atoms. The summed E-state index contributed by atoms with van der Waals surface area (Å²) >= 11 is 0. The van der Waals surface area contributed by atoms with E-state index in [1.807, 2.05) is 0 Å². The summed E-state index contributed by atoms with van der Waals surface area (Å²) in [5.41, 5.74) is -0.473. The van der Waals surface area contributed by atoms with Crippen LogP contribution in [0.5, 0.6) is 0 Å². The van der Waals surface area contributed by atoms with Crippen molar-refractivity contribution in [1.82, 2.24) is 0 Å². The van der Waals surface area contributed by atoms with Gasteiger partial charge in [0.1, 0.15) is 0 Å². The van der Waals surface area contributed by atoms with Gasteiger partial charge < -0.3 is 10.2 Å². The van der Waals surface area contributed by atoms with Gasteiger partial charge in [0.15, 0.2) is 5.60 Å². The molecule has 9 atom stereocenters. The first-order valence-electron chi connectivity index (χ1n) is 10.9. The second kappa shape index (κ2) is 5.71. The van der Waals surface area contributed by atoms with E-state index in [4.69, 9.17) is 0 Å². The van der Waals surface area contributed by atoms with E-state index in [-0.39, 0.29) is 22.9 Å². The van der Waals surface area contributed by atoms with Gasteiger partial charge in [-0.05, 0) is 98.7 Å². The lowest BCUT2D eigenvalue weighted by molar-refractivity contribution is -0.175. The fraction of sp³-hybridized carbons (Fsp3) is 0.957. The van der Waals surface area contributed by atoms with Crippen molar-refractivity contribution in [1.29, 1.82) is 5.26 Å². The number of aliphatic hydroxyl groups is 2. The van der Waals surface area contributed by atoms with Crippen LogP contribution in [-0.4, -0.2) is 21.9 Å². The highest BCUT2D eigenvalue weighted by molar-refractivity contribution is 5.16. The zero-order valence-corrected chi connectivity index (χ0v) is 17.1. The second-order valence-electron chi connectivity index (χ2n) is 11.2. The summed E-state index contributed by atoms with van der Waals surface area (Å²) in [6.07, 6.45) is 10.0. The molecule has 0 spiro atoms. The van der Waals surface area contributed by atoms with Gasteiger partial charge in [-0.25, -0.2) is 0 Å². The fourth-order valence-electron chi connectivity index (χ4n) is 8.61. The summed E-state index contributed by atoms with van der Waals surface area (Å²) in [5, 5.41) is 30.6. The first-order chi connectivity index (χ1) is 12.1. The minimum atomic E-state index is -1.20. The third-order valence-corrected chi connectivity index (χ3v) is 10.3. The van der Waals surface area contributed by atoms with Gasteiger partial charge in [-0.1, -0.05) is 20.8 Å². The molecule has 0 aromatic rings. The molecule has 2 N–H and O–H groups in total. The maximum Gasteiger partial charge on any atom is 0.151 e. The van der Waals surface area contributed by atoms with E-state index < -0.39 is 5.60 Å². The molecule has 0 heterocycles. The smallest absolute Gasteiger partial charge is 0.151 e. The average Bonchev–Trinajstić information content (AvgIpc) is 2.94. The summed E-state index contributed by atoms with van der Waals surface area (Å²) in [5.74, 6) is 2.25. The average molecular weight is 360 g/mol. The molecular formula is C23H37NO2. The zero-order valence-electron chi connectivity index (χ0n) is 17.1. The number of hydrogen-bond acceptors (Lipinski definition) is 3. The van der Waals surface area contributed by atoms with Crippen molar-refractivity contribution in [3.8, 4) is 6.07 Å². The standard InChI is InChI=1S/C23H37NO2/c1-20-10-8-16-17-5-6-19(23(4,26)14-24)21(17,2)11-9-18(16)22(20,3)12-7-15(25)13-20/h15-19,25-26H,5-13H2,1-4H3/t15-,16?,17?,18?,19+,20?,21+,22-,23?/m1/s1. The molecular weight excluding hydrogens is 322 g/mol. The largest absolute Gasteiger partial charge is 0.393 e. The summed E-state index contributed by atoms with van der Waals surface area (Å²) in [7, 11) is 0. The highest BCUT2D eigenvalue weighted by atomic mass is 16.3. The Morgan fingerprint density at radius 2 is 1.69 bits per heavy atom. The quantitative estimate of drug-likeness (QED) is 0.669. The lowest BCUT2D eigenvalue weighted by atomic mass is 9.40. The van der Waals surface area contributed by atoms with E-state index in [9.17, 15) is 15.5 Å². The molecule has 4 aliphatic carbocycles. The van der Waals surface area contributed by atoms with Gasteiger partial charge >= 0.3 is 0 Å². The van der Waals surface area contributed by atoms with E-state index in [2.05, 4.69) is 26.8 Å². The maximum absolute atomic E-state index is 10.7. The van der Waals surface area contributed by atoms with Gasteiger partial charge in [0.2, 0.25) is 0 Å². The van der Waals surface area contributed by atoms with Crippen LogP contribution in [0.4, 0.5) is 0 Å². The predicted octanol–water partition coefficient (Wildman–Crippen LogP) is 4.67. The Morgan fingerprint density at radius 1 is 0.962 bits per heavy atom. The third-order valence-electron chi connectivity index (χ3n) is 10.3. The zero-order chi connectivity index (χ0) is 19.0. The number of aliphatic hydroxyl groups excluding tert-OH is 1. The third kappa shape index (κ3) is 2.31. The molecule has 0 radical (unpaired) electrons. The van der Waals surface area contributed by atoms with Crippen molar-refractivity contribution in [2.75, 3.05) is 0 Å². The Labute approximate surface area is 159 Å². The Kier molecular flexibility index (Phi) is 4.12. The van der Waals surface area contributed by atoms with Crippen LogP contribution < -0.4 is 0 Å². The molecule has 0 aromatic heterocycles. The molecule has 4 rings (SSSR count). The first-order valence-corrected chi connectivity index (χ1v) is 10.9. The van der Waals surface area contributed by atoms with Gasteiger partial charge in [-0.2, -0.15) is 5.26 Å². The summed E-state index contributed by atoms with van der Waals surface area (Å²) in [6.45, 7) is 9.07. The number of fused-ring (bicyclic) bond motifs is 5. The predicted molar refractivity (Wildman–Crippen MR) is 102 cm³/mol. The van der Waals surface area contributed by atoms with Crippen molar-refractivity contribution in [2.24, 2.45) is 39.9 Å². The van der Waals surface area contributed by atoms with Crippen molar-refractivity contribution in [3.63, 3.8) is 0 Å². The minimum absolute atomic E-state index is 0.110. The first kappa shape index (κ1) is 18.8. The van der Waals surface area contributed by atoms with E-state index in [1.165, 1.54) is 25.7 Å². The van der Waals surface area contributed by atoms with Crippen LogP contribution >= 0.6 is 0 Å². The summed E-state index contributed by atoms with van der Waals surface area (Å²) in [6, 6.07) is 2.20. The molecule has 0 aliphatic heterocycles. The van der Waals surface area contributed by atoms with Gasteiger partial charge in [-0.3, -0.25) is 0 Å². The molecule has 4 fully saturated rings. The van der Waals surface area contributed by atoms with Crippen molar-refractivity contribution in [2.45, 2.75) is 97.2 Å². The molecule has 146 valence electrons. The Morgan fingerprint density at radius 3 is 2.38 bits per heavy atom. The molecule has 0 aromatic carbocycles. The molecule has 3 nitrogen and oxygen atoms in total. The lowest BCUT2D eigenvalue weighted by Crippen LogP contribution is -2.59. The second-order valence-corrected chi connectivity index (χ2v) is 11.2. The maximum atomic E-state index is 10.7. The highest BCUT2D eigenvalue weighted by Crippen LogP contribution is 2.71. The molecule has 3 heteroatoms. The molecule has 4 aliphatic rings. The highest BCUT2D eigenvalue weighted by Gasteiger charge is 2.64. The van der Waals surface area contributed by atoms with Crippen molar-refractivity contribution < 1.29 is 10.2 Å². The van der Waals surface area contributed by atoms with Gasteiger partial charge in [0.05, 0.1) is 12.2 Å². The van der Waals surface area contributed by atoms with Crippen molar-refractivity contribution in [3.05, 3.63) is 0 Å². The van der Waals surface area contributed by atoms with Crippen molar-refractivity contribution >= 4 is 0 Å². The minimum Gasteiger partial charge on any atom is -0.393 e. The van der Waals surface area contributed by atoms with E-state index >= 15 is 0 Å². The van der Waals surface area contributed by atoms with E-state index in [0.29, 0.717) is 11.3 Å². The Hall–Kier alpha value is -0.590. The van der Waals surface area contributed by atoms with E-state index in [0.717, 1.165) is 43.9 Å². The SMILES string of the molecule is CC(O)(C#N)[C@H]1CCC2C3CCC4(C)C[C@H](O)CC[C@]4(C)C3CC[C@@]21C. The van der Waals surface area contributed by atoms with Crippen LogP contribution in [-0.2, 0) is 0 Å². The van der Waals surface area contributed by atoms with Crippen LogP contribution in [0, 0.1) is 51.2 Å². The number of nitrogens with zero attached hydrogens (tertiary/aromatic N) is 1. The number of hydrogen-bond donors (Lipinski definition) is 2. The normalized spacial score (nSPS) is 55.8. The van der Waals surface area contributed by atoms with Crippen LogP contribution in [0.3, 0.4) is 0 Å². The Bertz CT molecular complexity index is 624. The van der Waals surface area contributed by atoms with Gasteiger partial charge in [-0.15, -0.1) is 0 Å². The van der Waals surface area contributed by atoms with E-state index in [1.54, 1.807) is 6.92 Å². The fourth-order valence-corrected chi connectivity index (χ4v) is 8.61. The number of nitriles is 1. The van der Waals surface area contributed by atoms with Crippen LogP contribution in [0.1, 0.15) is 85.5 Å². The number of rotatable bonds is 1. The van der Waals surface area contributed by atoms with Gasteiger partial charge in [0.25, 0.3) is 0 Å². The lowest BCUT2D eigenvalue weighted by Gasteiger charge is -2.65. The topological polar surface area (TPSA) is 64.2 Å². The van der Waals surface area contributed by atoms with Crippen LogP contribution in [0.2, 0.25) is 0 Å². The van der Waals surface area contributed by atoms with Gasteiger partial charge in [0, 0.05) is 5.92 Å². The molecule has 26 heavy (non-hydrogen) atoms. The van der Waals surface area contributed by atoms with Crippen LogP contribution in [0.15, 0.2) is 0 Å². The monoisotopic (exact) mass is 359 g/mol. The molecule has 0 saturated heterocycles. The Balaban J connectivity index is 1.65. The van der Waals surface area contributed by atoms with Crippen LogP contribution in [0.25, 0.3) is 0 Å².